The number of unbranched alkanes of at least 4 members (excludes halogenated alkanes) is 14. The van der Waals surface area contributed by atoms with E-state index >= 15 is 8.78 Å². The number of hydrogen-bond acceptors (Lipinski definition) is 8. The van der Waals surface area contributed by atoms with Gasteiger partial charge in [0.25, 0.3) is 0 Å². The Morgan fingerprint density at radius 2 is 0.632 bits per heavy atom. The van der Waals surface area contributed by atoms with Crippen LogP contribution >= 0.6 is 0 Å². The lowest BCUT2D eigenvalue weighted by molar-refractivity contribution is 0.0716. The molecule has 0 N–H and O–H groups in total. The largest absolute Gasteiger partial charge is 0.423 e. The van der Waals surface area contributed by atoms with Crippen molar-refractivity contribution >= 4 is 23.9 Å². The van der Waals surface area contributed by atoms with E-state index in [1.165, 1.54) is 150 Å². The Balaban J connectivity index is 0.842. The molecule has 0 spiro atoms. The maximum Gasteiger partial charge on any atom is 0.343 e. The SMILES string of the molecule is CCCCCCCCCCc1ccc(-c2ccc(C(=O)Oc3ccc(C(=O)Oc4cccc(OC(=O)c5ccc(OC(=O)c6ccc(-c7ccc(CCCCCCCCCC)cc7)cc6)c(F)c5)c4)cc3F)cc2)cc1. The minimum atomic E-state index is -0.961. The second-order valence-corrected chi connectivity index (χ2v) is 19.3. The van der Waals surface area contributed by atoms with Gasteiger partial charge in [-0.15, -0.1) is 0 Å². The third-order valence-corrected chi connectivity index (χ3v) is 13.4. The molecule has 0 aromatic heterocycles. The van der Waals surface area contributed by atoms with E-state index in [1.807, 2.05) is 24.3 Å². The molecule has 0 heterocycles. The van der Waals surface area contributed by atoms with Gasteiger partial charge in [-0.25, -0.2) is 28.0 Å². The molecule has 0 fully saturated rings. The average Bonchev–Trinajstić information content (AvgIpc) is 3.44. The van der Waals surface area contributed by atoms with Crippen LogP contribution in [0.2, 0.25) is 0 Å². The van der Waals surface area contributed by atoms with E-state index in [9.17, 15) is 19.2 Å². The third kappa shape index (κ3) is 17.2. The highest BCUT2D eigenvalue weighted by Crippen LogP contribution is 2.28. The Labute approximate surface area is 446 Å². The Morgan fingerprint density at radius 3 is 0.974 bits per heavy atom. The summed E-state index contributed by atoms with van der Waals surface area (Å²) in [5.74, 6) is -6.15. The fourth-order valence-corrected chi connectivity index (χ4v) is 8.92. The van der Waals surface area contributed by atoms with Crippen molar-refractivity contribution in [2.45, 2.75) is 129 Å². The summed E-state index contributed by atoms with van der Waals surface area (Å²) in [5.41, 5.74) is 6.56. The second-order valence-electron chi connectivity index (χ2n) is 19.3. The van der Waals surface area contributed by atoms with Crippen LogP contribution in [0.25, 0.3) is 22.3 Å². The quantitative estimate of drug-likeness (QED) is 0.0271. The van der Waals surface area contributed by atoms with E-state index in [0.717, 1.165) is 59.4 Å². The van der Waals surface area contributed by atoms with Gasteiger partial charge in [-0.05, 0) is 132 Å². The van der Waals surface area contributed by atoms with Crippen LogP contribution in [-0.4, -0.2) is 23.9 Å². The molecule has 7 aromatic rings. The zero-order chi connectivity index (χ0) is 53.5. The van der Waals surface area contributed by atoms with E-state index < -0.39 is 35.5 Å². The van der Waals surface area contributed by atoms with Crippen molar-refractivity contribution in [1.29, 1.82) is 0 Å². The standard InChI is InChI=1S/C66H68F2O8/c1-3-5-7-9-11-13-15-17-20-47-24-28-49(29-25-47)51-32-36-53(37-33-51)63(69)75-61-42-40-55(44-59(61)67)65(71)73-57-22-19-23-58(46-57)74-66(72)56-41-43-62(60(68)45-56)76-64(70)54-38-34-52(35-39-54)50-30-26-48(27-31-50)21-18-16-14-12-10-8-6-4-2/h19,22-46H,3-18,20-21H2,1-2H3. The molecular weight excluding hydrogens is 959 g/mol. The van der Waals surface area contributed by atoms with Crippen molar-refractivity contribution in [3.8, 4) is 45.3 Å². The summed E-state index contributed by atoms with van der Waals surface area (Å²) >= 11 is 0. The summed E-state index contributed by atoms with van der Waals surface area (Å²) < 4.78 is 52.0. The van der Waals surface area contributed by atoms with Crippen LogP contribution in [0.3, 0.4) is 0 Å². The van der Waals surface area contributed by atoms with Gasteiger partial charge < -0.3 is 18.9 Å². The van der Waals surface area contributed by atoms with Crippen LogP contribution < -0.4 is 18.9 Å². The summed E-state index contributed by atoms with van der Waals surface area (Å²) in [6, 6.07) is 42.7. The first-order chi connectivity index (χ1) is 37.1. The molecule has 0 saturated heterocycles. The van der Waals surface area contributed by atoms with Gasteiger partial charge in [-0.1, -0.05) is 183 Å². The monoisotopic (exact) mass is 1030 g/mol. The molecule has 8 nitrogen and oxygen atoms in total. The van der Waals surface area contributed by atoms with Gasteiger partial charge in [0.1, 0.15) is 11.5 Å². The van der Waals surface area contributed by atoms with Crippen LogP contribution in [0, 0.1) is 11.6 Å². The van der Waals surface area contributed by atoms with E-state index in [4.69, 9.17) is 18.9 Å². The molecule has 76 heavy (non-hydrogen) atoms. The van der Waals surface area contributed by atoms with Crippen molar-refractivity contribution in [3.05, 3.63) is 203 Å². The molecule has 7 aromatic carbocycles. The fourth-order valence-electron chi connectivity index (χ4n) is 8.92. The molecule has 0 aliphatic carbocycles. The first-order valence-corrected chi connectivity index (χ1v) is 27.0. The number of rotatable bonds is 28. The van der Waals surface area contributed by atoms with Gasteiger partial charge in [-0.2, -0.15) is 0 Å². The van der Waals surface area contributed by atoms with Crippen molar-refractivity contribution in [1.82, 2.24) is 0 Å². The lowest BCUT2D eigenvalue weighted by Gasteiger charge is -2.10. The number of aryl methyl sites for hydroxylation is 2. The van der Waals surface area contributed by atoms with Crippen LogP contribution in [0.5, 0.6) is 23.0 Å². The van der Waals surface area contributed by atoms with Crippen molar-refractivity contribution in [3.63, 3.8) is 0 Å². The van der Waals surface area contributed by atoms with Crippen LogP contribution in [0.15, 0.2) is 158 Å². The smallest absolute Gasteiger partial charge is 0.343 e. The Kier molecular flexibility index (Phi) is 21.7. The Bertz CT molecular complexity index is 2780. The van der Waals surface area contributed by atoms with Crippen LogP contribution in [0.4, 0.5) is 8.78 Å². The highest BCUT2D eigenvalue weighted by atomic mass is 19.1. The number of esters is 4. The summed E-state index contributed by atoms with van der Waals surface area (Å²) in [6.07, 6.45) is 22.6. The van der Waals surface area contributed by atoms with Gasteiger partial charge in [0.05, 0.1) is 22.3 Å². The predicted octanol–water partition coefficient (Wildman–Crippen LogP) is 17.5. The molecule has 0 radical (unpaired) electrons. The topological polar surface area (TPSA) is 105 Å². The zero-order valence-corrected chi connectivity index (χ0v) is 43.8. The maximum absolute atomic E-state index is 15.2. The molecule has 10 heteroatoms. The first-order valence-electron chi connectivity index (χ1n) is 27.0. The van der Waals surface area contributed by atoms with Gasteiger partial charge in [0.2, 0.25) is 0 Å². The molecular formula is C66H68F2O8. The highest BCUT2D eigenvalue weighted by Gasteiger charge is 2.19. The predicted molar refractivity (Wildman–Crippen MR) is 295 cm³/mol. The summed E-state index contributed by atoms with van der Waals surface area (Å²) in [6.45, 7) is 4.47. The maximum atomic E-state index is 15.2. The molecule has 0 unspecified atom stereocenters. The Morgan fingerprint density at radius 1 is 0.329 bits per heavy atom. The van der Waals surface area contributed by atoms with Gasteiger partial charge in [-0.3, -0.25) is 0 Å². The van der Waals surface area contributed by atoms with E-state index in [0.29, 0.717) is 0 Å². The second kappa shape index (κ2) is 29.4. The van der Waals surface area contributed by atoms with Crippen LogP contribution in [0.1, 0.15) is 169 Å². The number of ether oxygens (including phenoxy) is 4. The average molecular weight is 1030 g/mol. The fraction of sp³-hybridized carbons (Fsp3) is 0.303. The molecule has 394 valence electrons. The molecule has 0 saturated carbocycles. The number of hydrogen-bond donors (Lipinski definition) is 0. The van der Waals surface area contributed by atoms with E-state index in [1.54, 1.807) is 24.3 Å². The van der Waals surface area contributed by atoms with E-state index in [2.05, 4.69) is 62.4 Å². The highest BCUT2D eigenvalue weighted by molar-refractivity contribution is 5.94. The summed E-state index contributed by atoms with van der Waals surface area (Å²) in [4.78, 5) is 52.1. The van der Waals surface area contributed by atoms with Gasteiger partial charge in [0.15, 0.2) is 23.1 Å². The van der Waals surface area contributed by atoms with Crippen molar-refractivity contribution in [2.75, 3.05) is 0 Å². The van der Waals surface area contributed by atoms with E-state index in [-0.39, 0.29) is 45.3 Å². The molecule has 0 aliphatic rings. The first kappa shape index (κ1) is 56.0. The minimum absolute atomic E-state index is 0.0341. The minimum Gasteiger partial charge on any atom is -0.423 e. The van der Waals surface area contributed by atoms with Crippen molar-refractivity contribution in [2.24, 2.45) is 0 Å². The normalized spacial score (nSPS) is 11.0. The van der Waals surface area contributed by atoms with Crippen LogP contribution in [-0.2, 0) is 12.8 Å². The van der Waals surface area contributed by atoms with Gasteiger partial charge in [0, 0.05) is 6.07 Å². The Hall–Kier alpha value is -7.72. The summed E-state index contributed by atoms with van der Waals surface area (Å²) in [5, 5.41) is 0. The molecule has 0 bridgehead atoms. The number of benzene rings is 7. The molecule has 7 rings (SSSR count). The van der Waals surface area contributed by atoms with Crippen molar-refractivity contribution < 1.29 is 46.9 Å². The number of halogens is 2. The molecule has 0 amide bonds. The van der Waals surface area contributed by atoms with Gasteiger partial charge >= 0.3 is 23.9 Å². The number of carbonyl (C=O) groups excluding carboxylic acids is 4. The lowest BCUT2D eigenvalue weighted by atomic mass is 10.00. The molecule has 0 aliphatic heterocycles. The lowest BCUT2D eigenvalue weighted by Crippen LogP contribution is -2.12. The summed E-state index contributed by atoms with van der Waals surface area (Å²) in [7, 11) is 0. The number of carbonyl (C=O) groups is 4. The zero-order valence-electron chi connectivity index (χ0n) is 43.8. The third-order valence-electron chi connectivity index (χ3n) is 13.4. The molecule has 0 atom stereocenters.